The van der Waals surface area contributed by atoms with Gasteiger partial charge in [-0.2, -0.15) is 0 Å². The van der Waals surface area contributed by atoms with Crippen LogP contribution in [0.15, 0.2) is 34.5 Å². The molecule has 1 heterocycles. The van der Waals surface area contributed by atoms with Crippen LogP contribution in [0.3, 0.4) is 0 Å². The second kappa shape index (κ2) is 6.16. The molecule has 0 unspecified atom stereocenters. The van der Waals surface area contributed by atoms with E-state index in [0.29, 0.717) is 0 Å². The number of rotatable bonds is 5. The van der Waals surface area contributed by atoms with Crippen molar-refractivity contribution < 1.29 is 9.21 Å². The third-order valence-electron chi connectivity index (χ3n) is 2.33. The molecule has 0 saturated carbocycles. The lowest BCUT2D eigenvalue weighted by atomic mass is 10.1. The summed E-state index contributed by atoms with van der Waals surface area (Å²) in [5.74, 6) is 0.894. The molecule has 0 bridgehead atoms. The summed E-state index contributed by atoms with van der Waals surface area (Å²) >= 11 is 0. The van der Waals surface area contributed by atoms with Gasteiger partial charge in [-0.1, -0.05) is 13.0 Å². The Labute approximate surface area is 96.5 Å². The van der Waals surface area contributed by atoms with Crippen LogP contribution in [0.1, 0.15) is 33.0 Å². The molecule has 3 heteroatoms. The van der Waals surface area contributed by atoms with Gasteiger partial charge in [0.25, 0.3) is 0 Å². The minimum atomic E-state index is 0.000839. The van der Waals surface area contributed by atoms with Crippen LogP contribution in [0.25, 0.3) is 0 Å². The van der Waals surface area contributed by atoms with E-state index in [4.69, 9.17) is 4.42 Å². The maximum atomic E-state index is 11.7. The highest BCUT2D eigenvalue weighted by atomic mass is 16.3. The lowest BCUT2D eigenvalue weighted by Gasteiger charge is -2.12. The lowest BCUT2D eigenvalue weighted by molar-refractivity contribution is -0.118. The van der Waals surface area contributed by atoms with Crippen LogP contribution in [0.4, 0.5) is 0 Å². The van der Waals surface area contributed by atoms with Crippen molar-refractivity contribution in [3.8, 4) is 0 Å². The van der Waals surface area contributed by atoms with Crippen LogP contribution in [0.5, 0.6) is 0 Å². The summed E-state index contributed by atoms with van der Waals surface area (Å²) in [7, 11) is 0. The Bertz CT molecular complexity index is 352. The molecule has 0 aromatic carbocycles. The SMILES string of the molecule is CC/C=C(/C)C(=O)N[C@@H](C)Cc1ccco1. The van der Waals surface area contributed by atoms with Crippen molar-refractivity contribution >= 4 is 5.91 Å². The maximum Gasteiger partial charge on any atom is 0.246 e. The van der Waals surface area contributed by atoms with Crippen molar-refractivity contribution in [2.24, 2.45) is 0 Å². The Kier molecular flexibility index (Phi) is 4.83. The Morgan fingerprint density at radius 2 is 2.38 bits per heavy atom. The Balaban J connectivity index is 2.42. The van der Waals surface area contributed by atoms with Crippen molar-refractivity contribution in [1.82, 2.24) is 5.32 Å². The van der Waals surface area contributed by atoms with Crippen molar-refractivity contribution in [3.05, 3.63) is 35.8 Å². The van der Waals surface area contributed by atoms with Gasteiger partial charge in [-0.3, -0.25) is 4.79 Å². The van der Waals surface area contributed by atoms with Gasteiger partial charge in [0.05, 0.1) is 6.26 Å². The van der Waals surface area contributed by atoms with E-state index in [-0.39, 0.29) is 11.9 Å². The first-order valence-electron chi connectivity index (χ1n) is 5.63. The number of amides is 1. The average molecular weight is 221 g/mol. The van der Waals surface area contributed by atoms with E-state index in [9.17, 15) is 4.79 Å². The van der Waals surface area contributed by atoms with Gasteiger partial charge in [0.15, 0.2) is 0 Å². The zero-order valence-corrected chi connectivity index (χ0v) is 10.1. The van der Waals surface area contributed by atoms with Crippen LogP contribution in [-0.4, -0.2) is 11.9 Å². The Hall–Kier alpha value is -1.51. The monoisotopic (exact) mass is 221 g/mol. The average Bonchev–Trinajstić information content (AvgIpc) is 2.70. The van der Waals surface area contributed by atoms with Gasteiger partial charge in [0.2, 0.25) is 5.91 Å². The fraction of sp³-hybridized carbons (Fsp3) is 0.462. The summed E-state index contributed by atoms with van der Waals surface area (Å²) in [6, 6.07) is 3.85. The molecule has 0 fully saturated rings. The van der Waals surface area contributed by atoms with E-state index < -0.39 is 0 Å². The molecular formula is C13H19NO2. The van der Waals surface area contributed by atoms with Gasteiger partial charge in [0, 0.05) is 18.0 Å². The van der Waals surface area contributed by atoms with Crippen molar-refractivity contribution in [3.63, 3.8) is 0 Å². The highest BCUT2D eigenvalue weighted by Crippen LogP contribution is 2.04. The second-order valence-electron chi connectivity index (χ2n) is 3.95. The molecule has 16 heavy (non-hydrogen) atoms. The van der Waals surface area contributed by atoms with E-state index in [0.717, 1.165) is 24.2 Å². The number of nitrogens with one attached hydrogen (secondary N) is 1. The second-order valence-corrected chi connectivity index (χ2v) is 3.95. The van der Waals surface area contributed by atoms with Gasteiger partial charge in [0.1, 0.15) is 5.76 Å². The summed E-state index contributed by atoms with van der Waals surface area (Å²) in [4.78, 5) is 11.7. The summed E-state index contributed by atoms with van der Waals surface area (Å²) < 4.78 is 5.23. The number of hydrogen-bond acceptors (Lipinski definition) is 2. The number of furan rings is 1. The van der Waals surface area contributed by atoms with Gasteiger partial charge in [-0.05, 0) is 32.4 Å². The molecule has 88 valence electrons. The molecular weight excluding hydrogens is 202 g/mol. The number of carbonyl (C=O) groups is 1. The molecule has 1 aromatic heterocycles. The molecule has 1 rings (SSSR count). The molecule has 0 radical (unpaired) electrons. The fourth-order valence-corrected chi connectivity index (χ4v) is 1.52. The lowest BCUT2D eigenvalue weighted by Crippen LogP contribution is -2.34. The molecule has 3 nitrogen and oxygen atoms in total. The van der Waals surface area contributed by atoms with Crippen LogP contribution < -0.4 is 5.32 Å². The Morgan fingerprint density at radius 3 is 2.94 bits per heavy atom. The molecule has 0 aliphatic rings. The first-order valence-corrected chi connectivity index (χ1v) is 5.63. The van der Waals surface area contributed by atoms with Crippen molar-refractivity contribution in [1.29, 1.82) is 0 Å². The number of hydrogen-bond donors (Lipinski definition) is 1. The standard InChI is InChI=1S/C13H19NO2/c1-4-6-10(2)13(15)14-11(3)9-12-7-5-8-16-12/h5-8,11H,4,9H2,1-3H3,(H,14,15)/b10-6-/t11-/m0/s1. The van der Waals surface area contributed by atoms with Gasteiger partial charge < -0.3 is 9.73 Å². The largest absolute Gasteiger partial charge is 0.469 e. The smallest absolute Gasteiger partial charge is 0.246 e. The fourth-order valence-electron chi connectivity index (χ4n) is 1.52. The Morgan fingerprint density at radius 1 is 1.62 bits per heavy atom. The van der Waals surface area contributed by atoms with E-state index in [1.165, 1.54) is 0 Å². The summed E-state index contributed by atoms with van der Waals surface area (Å²) in [5, 5.41) is 2.94. The number of carbonyl (C=O) groups excluding carboxylic acids is 1. The summed E-state index contributed by atoms with van der Waals surface area (Å²) in [6.45, 7) is 5.82. The highest BCUT2D eigenvalue weighted by molar-refractivity contribution is 5.92. The first kappa shape index (κ1) is 12.6. The molecule has 0 saturated heterocycles. The number of allylic oxidation sites excluding steroid dienone is 1. The molecule has 0 aliphatic carbocycles. The molecule has 0 aliphatic heterocycles. The predicted molar refractivity (Wildman–Crippen MR) is 64.1 cm³/mol. The van der Waals surface area contributed by atoms with Crippen LogP contribution in [0.2, 0.25) is 0 Å². The van der Waals surface area contributed by atoms with Crippen LogP contribution >= 0.6 is 0 Å². The minimum Gasteiger partial charge on any atom is -0.469 e. The van der Waals surface area contributed by atoms with Crippen LogP contribution in [-0.2, 0) is 11.2 Å². The quantitative estimate of drug-likeness (QED) is 0.777. The third-order valence-corrected chi connectivity index (χ3v) is 2.33. The van der Waals surface area contributed by atoms with E-state index in [2.05, 4.69) is 5.32 Å². The van der Waals surface area contributed by atoms with Crippen LogP contribution in [0, 0.1) is 0 Å². The van der Waals surface area contributed by atoms with Crippen molar-refractivity contribution in [2.75, 3.05) is 0 Å². The summed E-state index contributed by atoms with van der Waals surface area (Å²) in [5.41, 5.74) is 0.772. The molecule has 1 aromatic rings. The van der Waals surface area contributed by atoms with Crippen molar-refractivity contribution in [2.45, 2.75) is 39.7 Å². The summed E-state index contributed by atoms with van der Waals surface area (Å²) in [6.07, 6.45) is 5.17. The van der Waals surface area contributed by atoms with E-state index in [1.54, 1.807) is 6.26 Å². The van der Waals surface area contributed by atoms with E-state index >= 15 is 0 Å². The minimum absolute atomic E-state index is 0.000839. The van der Waals surface area contributed by atoms with Gasteiger partial charge in [-0.15, -0.1) is 0 Å². The zero-order chi connectivity index (χ0) is 12.0. The van der Waals surface area contributed by atoms with Gasteiger partial charge in [-0.25, -0.2) is 0 Å². The first-order chi connectivity index (χ1) is 7.63. The predicted octanol–water partition coefficient (Wildman–Crippen LogP) is 2.68. The van der Waals surface area contributed by atoms with Gasteiger partial charge >= 0.3 is 0 Å². The normalized spacial score (nSPS) is 13.6. The molecule has 1 amide bonds. The van der Waals surface area contributed by atoms with E-state index in [1.807, 2.05) is 39.0 Å². The zero-order valence-electron chi connectivity index (χ0n) is 10.1. The topological polar surface area (TPSA) is 42.2 Å². The maximum absolute atomic E-state index is 11.7. The third kappa shape index (κ3) is 3.93. The molecule has 1 atom stereocenters. The molecule has 1 N–H and O–H groups in total. The molecule has 0 spiro atoms. The highest BCUT2D eigenvalue weighted by Gasteiger charge is 2.10.